The zero-order valence-electron chi connectivity index (χ0n) is 22.5. The summed E-state index contributed by atoms with van der Waals surface area (Å²) in [5.41, 5.74) is 2.29. The summed E-state index contributed by atoms with van der Waals surface area (Å²) in [6, 6.07) is 14.7. The summed E-state index contributed by atoms with van der Waals surface area (Å²) in [6.07, 6.45) is 7.73. The van der Waals surface area contributed by atoms with Crippen LogP contribution in [0.2, 0.25) is 0 Å². The SMILES string of the molecule is CC(C)Cc1nc(N2CCN(C(=O)CCC3CCCC3)CC2)c2c(-c3ccc4ccccc4c3)noc2n1. The fourth-order valence-corrected chi connectivity index (χ4v) is 6.05. The van der Waals surface area contributed by atoms with E-state index in [4.69, 9.17) is 14.5 Å². The zero-order chi connectivity index (χ0) is 26.1. The van der Waals surface area contributed by atoms with Crippen molar-refractivity contribution in [3.8, 4) is 11.3 Å². The van der Waals surface area contributed by atoms with Gasteiger partial charge in [-0.2, -0.15) is 4.98 Å². The number of carbonyl (C=O) groups is 1. The Balaban J connectivity index is 1.28. The molecule has 1 amide bonds. The van der Waals surface area contributed by atoms with E-state index in [1.165, 1.54) is 31.1 Å². The minimum Gasteiger partial charge on any atom is -0.352 e. The van der Waals surface area contributed by atoms with Crippen LogP contribution in [0.1, 0.15) is 58.2 Å². The third kappa shape index (κ3) is 5.11. The molecule has 6 rings (SSSR count). The first kappa shape index (κ1) is 24.8. The number of amides is 1. The Morgan fingerprint density at radius 2 is 1.76 bits per heavy atom. The molecule has 0 spiro atoms. The van der Waals surface area contributed by atoms with Gasteiger partial charge < -0.3 is 14.3 Å². The Bertz CT molecular complexity index is 1430. The van der Waals surface area contributed by atoms with Gasteiger partial charge in [0.1, 0.15) is 22.7 Å². The molecule has 2 fully saturated rings. The molecule has 0 radical (unpaired) electrons. The van der Waals surface area contributed by atoms with Crippen molar-refractivity contribution in [3.05, 3.63) is 48.3 Å². The molecule has 4 aromatic rings. The number of anilines is 1. The normalized spacial score (nSPS) is 16.8. The molecule has 1 aliphatic carbocycles. The van der Waals surface area contributed by atoms with Crippen molar-refractivity contribution in [2.45, 2.75) is 58.8 Å². The molecular formula is C31H37N5O2. The lowest BCUT2D eigenvalue weighted by Crippen LogP contribution is -2.49. The van der Waals surface area contributed by atoms with E-state index in [-0.39, 0.29) is 0 Å². The van der Waals surface area contributed by atoms with Crippen LogP contribution in [0.15, 0.2) is 47.0 Å². The number of aromatic nitrogens is 3. The summed E-state index contributed by atoms with van der Waals surface area (Å²) < 4.78 is 5.82. The van der Waals surface area contributed by atoms with Crippen molar-refractivity contribution < 1.29 is 9.32 Å². The summed E-state index contributed by atoms with van der Waals surface area (Å²) in [6.45, 7) is 7.25. The monoisotopic (exact) mass is 511 g/mol. The predicted octanol–water partition coefficient (Wildman–Crippen LogP) is 6.26. The highest BCUT2D eigenvalue weighted by Crippen LogP contribution is 2.36. The van der Waals surface area contributed by atoms with Crippen LogP contribution in [0.4, 0.5) is 5.82 Å². The maximum atomic E-state index is 12.9. The molecule has 2 aromatic heterocycles. The fraction of sp³-hybridized carbons (Fsp3) is 0.484. The molecule has 7 heteroatoms. The van der Waals surface area contributed by atoms with Crippen molar-refractivity contribution in [1.82, 2.24) is 20.0 Å². The molecule has 0 bridgehead atoms. The lowest BCUT2D eigenvalue weighted by atomic mass is 10.0. The largest absolute Gasteiger partial charge is 0.352 e. The number of carbonyl (C=O) groups excluding carboxylic acids is 1. The molecule has 38 heavy (non-hydrogen) atoms. The summed E-state index contributed by atoms with van der Waals surface area (Å²) in [5.74, 6) is 3.12. The minimum absolute atomic E-state index is 0.298. The van der Waals surface area contributed by atoms with Gasteiger partial charge in [0.05, 0.1) is 0 Å². The zero-order valence-corrected chi connectivity index (χ0v) is 22.5. The van der Waals surface area contributed by atoms with Crippen LogP contribution < -0.4 is 4.90 Å². The molecular weight excluding hydrogens is 474 g/mol. The Morgan fingerprint density at radius 3 is 2.53 bits per heavy atom. The summed E-state index contributed by atoms with van der Waals surface area (Å²) in [5, 5.41) is 7.69. The van der Waals surface area contributed by atoms with E-state index in [1.54, 1.807) is 0 Å². The van der Waals surface area contributed by atoms with E-state index in [2.05, 4.69) is 60.3 Å². The van der Waals surface area contributed by atoms with Crippen LogP contribution in [-0.4, -0.2) is 52.1 Å². The van der Waals surface area contributed by atoms with E-state index < -0.39 is 0 Å². The molecule has 2 aliphatic rings. The third-order valence-electron chi connectivity index (χ3n) is 8.15. The van der Waals surface area contributed by atoms with Crippen LogP contribution in [0.3, 0.4) is 0 Å². The average Bonchev–Trinajstić information content (AvgIpc) is 3.61. The Morgan fingerprint density at radius 1 is 1.00 bits per heavy atom. The molecule has 3 heterocycles. The molecule has 0 N–H and O–H groups in total. The first-order chi connectivity index (χ1) is 18.5. The number of nitrogens with zero attached hydrogens (tertiary/aromatic N) is 5. The van der Waals surface area contributed by atoms with Crippen molar-refractivity contribution in [1.29, 1.82) is 0 Å². The topological polar surface area (TPSA) is 75.4 Å². The predicted molar refractivity (Wildman–Crippen MR) is 151 cm³/mol. The highest BCUT2D eigenvalue weighted by atomic mass is 16.5. The van der Waals surface area contributed by atoms with Crippen LogP contribution in [0.25, 0.3) is 33.1 Å². The molecule has 1 saturated carbocycles. The van der Waals surface area contributed by atoms with Crippen LogP contribution in [-0.2, 0) is 11.2 Å². The lowest BCUT2D eigenvalue weighted by molar-refractivity contribution is -0.131. The first-order valence-electron chi connectivity index (χ1n) is 14.2. The Kier molecular flexibility index (Phi) is 7.00. The van der Waals surface area contributed by atoms with Crippen LogP contribution >= 0.6 is 0 Å². The van der Waals surface area contributed by atoms with Gasteiger partial charge in [0.25, 0.3) is 5.71 Å². The van der Waals surface area contributed by atoms with Crippen LogP contribution in [0, 0.1) is 11.8 Å². The number of rotatable bonds is 7. The van der Waals surface area contributed by atoms with E-state index >= 15 is 0 Å². The van der Waals surface area contributed by atoms with Gasteiger partial charge in [-0.05, 0) is 35.1 Å². The van der Waals surface area contributed by atoms with E-state index in [0.29, 0.717) is 37.0 Å². The van der Waals surface area contributed by atoms with Gasteiger partial charge in [-0.3, -0.25) is 4.79 Å². The quantitative estimate of drug-likeness (QED) is 0.292. The fourth-order valence-electron chi connectivity index (χ4n) is 6.05. The minimum atomic E-state index is 0.298. The second-order valence-corrected chi connectivity index (χ2v) is 11.4. The summed E-state index contributed by atoms with van der Waals surface area (Å²) in [4.78, 5) is 27.1. The second kappa shape index (κ2) is 10.7. The highest BCUT2D eigenvalue weighted by Gasteiger charge is 2.28. The van der Waals surface area contributed by atoms with Crippen molar-refractivity contribution in [2.75, 3.05) is 31.1 Å². The molecule has 0 atom stereocenters. The smallest absolute Gasteiger partial charge is 0.263 e. The van der Waals surface area contributed by atoms with Crippen molar-refractivity contribution in [3.63, 3.8) is 0 Å². The van der Waals surface area contributed by atoms with Gasteiger partial charge in [0, 0.05) is 44.6 Å². The molecule has 1 saturated heterocycles. The van der Waals surface area contributed by atoms with E-state index in [1.807, 2.05) is 11.0 Å². The number of hydrogen-bond donors (Lipinski definition) is 0. The number of fused-ring (bicyclic) bond motifs is 2. The number of piperazine rings is 1. The van der Waals surface area contributed by atoms with Crippen molar-refractivity contribution in [2.24, 2.45) is 11.8 Å². The van der Waals surface area contributed by atoms with E-state index in [0.717, 1.165) is 65.5 Å². The number of benzene rings is 2. The lowest BCUT2D eigenvalue weighted by Gasteiger charge is -2.36. The highest BCUT2D eigenvalue weighted by molar-refractivity contribution is 6.00. The van der Waals surface area contributed by atoms with Gasteiger partial charge in [-0.1, -0.05) is 81.1 Å². The van der Waals surface area contributed by atoms with Crippen LogP contribution in [0.5, 0.6) is 0 Å². The molecule has 2 aromatic carbocycles. The molecule has 1 aliphatic heterocycles. The van der Waals surface area contributed by atoms with Gasteiger partial charge in [0.2, 0.25) is 5.91 Å². The summed E-state index contributed by atoms with van der Waals surface area (Å²) in [7, 11) is 0. The first-order valence-corrected chi connectivity index (χ1v) is 14.2. The van der Waals surface area contributed by atoms with Gasteiger partial charge >= 0.3 is 0 Å². The maximum Gasteiger partial charge on any atom is 0.263 e. The molecule has 0 unspecified atom stereocenters. The average molecular weight is 512 g/mol. The van der Waals surface area contributed by atoms with E-state index in [9.17, 15) is 4.79 Å². The van der Waals surface area contributed by atoms with Gasteiger partial charge in [-0.15, -0.1) is 0 Å². The molecule has 198 valence electrons. The van der Waals surface area contributed by atoms with Gasteiger partial charge in [-0.25, -0.2) is 4.98 Å². The summed E-state index contributed by atoms with van der Waals surface area (Å²) >= 11 is 0. The number of hydrogen-bond acceptors (Lipinski definition) is 6. The van der Waals surface area contributed by atoms with Crippen molar-refractivity contribution >= 4 is 33.6 Å². The standard InChI is InChI=1S/C31H37N5O2/c1-21(2)19-26-32-30(36-17-15-35(16-18-36)27(37)14-11-22-7-3-4-8-22)28-29(34-38-31(28)33-26)25-13-12-23-9-5-6-10-24(23)20-25/h5-6,9-10,12-13,20-22H,3-4,7-8,11,14-19H2,1-2H3. The van der Waals surface area contributed by atoms with Gasteiger partial charge in [0.15, 0.2) is 0 Å². The Hall–Kier alpha value is -3.48. The maximum absolute atomic E-state index is 12.9. The second-order valence-electron chi connectivity index (χ2n) is 11.4. The Labute approximate surface area is 224 Å². The molecule has 7 nitrogen and oxygen atoms in total. The third-order valence-corrected chi connectivity index (χ3v) is 8.15.